The van der Waals surface area contributed by atoms with Gasteiger partial charge in [-0.15, -0.1) is 0 Å². The quantitative estimate of drug-likeness (QED) is 0.0191. The number of esters is 1. The zero-order valence-electron chi connectivity index (χ0n) is 46.5. The first-order valence-electron chi connectivity index (χ1n) is 27.0. The third kappa shape index (κ3) is 41.9. The number of nitrogens with one attached hydrogen (secondary N) is 4. The van der Waals surface area contributed by atoms with Crippen LogP contribution in [0.2, 0.25) is 0 Å². The summed E-state index contributed by atoms with van der Waals surface area (Å²) in [4.78, 5) is 75.2. The molecule has 0 bridgehead atoms. The van der Waals surface area contributed by atoms with Crippen molar-refractivity contribution in [1.29, 1.82) is 0 Å². The lowest BCUT2D eigenvalue weighted by Crippen LogP contribution is -2.48. The van der Waals surface area contributed by atoms with E-state index in [4.69, 9.17) is 29.4 Å². The Morgan fingerprint density at radius 2 is 0.915 bits per heavy atom. The first-order chi connectivity index (χ1) is 32.9. The molecule has 18 heteroatoms. The lowest BCUT2D eigenvalue weighted by Gasteiger charge is -2.32. The molecule has 0 unspecified atom stereocenters. The maximum Gasteiger partial charge on any atom is 0.408 e. The Balaban J connectivity index is 4.49. The minimum absolute atomic E-state index is 0.0106. The van der Waals surface area contributed by atoms with Crippen molar-refractivity contribution in [2.45, 2.75) is 284 Å². The van der Waals surface area contributed by atoms with E-state index < -0.39 is 72.1 Å². The van der Waals surface area contributed by atoms with Gasteiger partial charge in [-0.2, -0.15) is 0 Å². The summed E-state index contributed by atoms with van der Waals surface area (Å²) in [6, 6.07) is -2.82. The van der Waals surface area contributed by atoms with E-state index in [0.717, 1.165) is 38.5 Å². The van der Waals surface area contributed by atoms with Gasteiger partial charge in [-0.25, -0.2) is 9.59 Å². The van der Waals surface area contributed by atoms with Crippen LogP contribution in [0.1, 0.15) is 244 Å². The first-order valence-corrected chi connectivity index (χ1v) is 28.7. The van der Waals surface area contributed by atoms with Gasteiger partial charge in [0.1, 0.15) is 29.3 Å². The summed E-state index contributed by atoms with van der Waals surface area (Å²) >= 11 is 0. The molecule has 0 aromatic heterocycles. The average molecular weight is 1030 g/mol. The Bertz CT molecular complexity index is 1560. The third-order valence-corrected chi connectivity index (χ3v) is 13.4. The van der Waals surface area contributed by atoms with Gasteiger partial charge in [0, 0.05) is 25.9 Å². The number of nitrogens with two attached hydrogens (primary N) is 1. The highest BCUT2D eigenvalue weighted by Crippen LogP contribution is 2.55. The molecule has 0 spiro atoms. The highest BCUT2D eigenvalue weighted by atomic mass is 31.2. The number of hydrogen-bond acceptors (Lipinski definition) is 12. The Morgan fingerprint density at radius 3 is 1.37 bits per heavy atom. The van der Waals surface area contributed by atoms with Crippen molar-refractivity contribution in [3.05, 3.63) is 0 Å². The fourth-order valence-corrected chi connectivity index (χ4v) is 10.1. The number of carbonyl (C=O) groups is 6. The summed E-state index contributed by atoms with van der Waals surface area (Å²) in [7, 11) is -3.15. The van der Waals surface area contributed by atoms with Gasteiger partial charge >= 0.3 is 25.6 Å². The van der Waals surface area contributed by atoms with E-state index in [-0.39, 0.29) is 50.5 Å². The van der Waals surface area contributed by atoms with E-state index in [1.54, 1.807) is 41.5 Å². The summed E-state index contributed by atoms with van der Waals surface area (Å²) in [6.45, 7) is 22.5. The standard InChI is InChI=1S/C53H102N5O12P/c1-50(2,3)67-48(64)43(36-37-44(59)55-38-31-29-34-42(58-49(65)68-51(4,5)6)46(61)56-39-30-28-33-41(54)47(62)63)57-45(60)35-27-25-23-21-19-17-15-13-14-16-18-20-22-24-26-32-40-71(66,69-52(7,8)9)70-53(10,11)12/h41-43H,13-40,54H2,1-12H3,(H,55,59)(H,56,61)(H,57,60)(H,58,65)(H,62,63)/t41-,42-,43-/m0/s1. The lowest BCUT2D eigenvalue weighted by molar-refractivity contribution is -0.159. The van der Waals surface area contributed by atoms with Crippen LogP contribution in [0.4, 0.5) is 4.79 Å². The second-order valence-corrected chi connectivity index (χ2v) is 25.2. The summed E-state index contributed by atoms with van der Waals surface area (Å²) in [6.07, 6.45) is 20.6. The van der Waals surface area contributed by atoms with Crippen LogP contribution in [-0.2, 0) is 47.1 Å². The van der Waals surface area contributed by atoms with Gasteiger partial charge in [-0.1, -0.05) is 89.9 Å². The average Bonchev–Trinajstić information content (AvgIpc) is 3.21. The van der Waals surface area contributed by atoms with Gasteiger partial charge in [0.05, 0.1) is 17.4 Å². The van der Waals surface area contributed by atoms with Crippen LogP contribution >= 0.6 is 7.60 Å². The minimum atomic E-state index is -3.15. The molecule has 416 valence electrons. The number of hydrogen-bond donors (Lipinski definition) is 6. The second kappa shape index (κ2) is 35.8. The predicted molar refractivity (Wildman–Crippen MR) is 282 cm³/mol. The van der Waals surface area contributed by atoms with Gasteiger partial charge in [0.2, 0.25) is 17.7 Å². The van der Waals surface area contributed by atoms with Crippen LogP contribution in [-0.4, -0.2) is 101 Å². The van der Waals surface area contributed by atoms with Gasteiger partial charge in [-0.3, -0.25) is 23.7 Å². The molecule has 0 heterocycles. The van der Waals surface area contributed by atoms with E-state index in [9.17, 15) is 33.3 Å². The van der Waals surface area contributed by atoms with Crippen molar-refractivity contribution < 1.29 is 57.0 Å². The molecule has 0 aliphatic carbocycles. The SMILES string of the molecule is CC(C)(C)OC(=O)N[C@@H](CCCCNC(=O)CC[C@H](NC(=O)CCCCCCCCCCCCCCCCCCP(=O)(OC(C)(C)C)OC(C)(C)C)C(=O)OC(C)(C)C)C(=O)NCCCC[C@H](N)C(=O)O. The molecule has 0 rings (SSSR count). The Morgan fingerprint density at radius 1 is 0.479 bits per heavy atom. The van der Waals surface area contributed by atoms with Crippen molar-refractivity contribution in [2.24, 2.45) is 5.73 Å². The van der Waals surface area contributed by atoms with E-state index in [0.29, 0.717) is 44.8 Å². The topological polar surface area (TPSA) is 251 Å². The third-order valence-electron chi connectivity index (χ3n) is 10.9. The van der Waals surface area contributed by atoms with E-state index >= 15 is 0 Å². The molecule has 4 amide bonds. The Hall–Kier alpha value is -3.27. The summed E-state index contributed by atoms with van der Waals surface area (Å²) < 4.78 is 36.1. The molecular weight excluding hydrogens is 930 g/mol. The van der Waals surface area contributed by atoms with Crippen molar-refractivity contribution >= 4 is 43.3 Å². The van der Waals surface area contributed by atoms with Crippen molar-refractivity contribution in [3.8, 4) is 0 Å². The van der Waals surface area contributed by atoms with Crippen LogP contribution in [0.25, 0.3) is 0 Å². The lowest BCUT2D eigenvalue weighted by atomic mass is 10.0. The monoisotopic (exact) mass is 1030 g/mol. The smallest absolute Gasteiger partial charge is 0.408 e. The van der Waals surface area contributed by atoms with Gasteiger partial charge in [0.25, 0.3) is 0 Å². The molecule has 0 saturated carbocycles. The summed E-state index contributed by atoms with van der Waals surface area (Å²) in [5, 5.41) is 20.0. The molecule has 0 radical (unpaired) electrons. The number of carboxylic acid groups (broad SMARTS) is 1. The van der Waals surface area contributed by atoms with Gasteiger partial charge in [0.15, 0.2) is 0 Å². The Kier molecular flexibility index (Phi) is 34.2. The van der Waals surface area contributed by atoms with E-state index in [1.807, 2.05) is 41.5 Å². The number of aliphatic carboxylic acids is 1. The molecule has 0 aromatic carbocycles. The van der Waals surface area contributed by atoms with Crippen LogP contribution < -0.4 is 27.0 Å². The molecule has 0 saturated heterocycles. The molecule has 3 atom stereocenters. The number of ether oxygens (including phenoxy) is 2. The highest BCUT2D eigenvalue weighted by molar-refractivity contribution is 7.53. The number of unbranched alkanes of at least 4 members (excludes halogenated alkanes) is 17. The number of rotatable bonds is 39. The molecule has 71 heavy (non-hydrogen) atoms. The van der Waals surface area contributed by atoms with Crippen molar-refractivity contribution in [2.75, 3.05) is 19.3 Å². The van der Waals surface area contributed by atoms with Crippen molar-refractivity contribution in [3.63, 3.8) is 0 Å². The number of alkyl carbamates (subject to hydrolysis) is 1. The molecule has 0 aliphatic rings. The fourth-order valence-electron chi connectivity index (χ4n) is 7.63. The Labute approximate surface area is 429 Å². The normalized spacial score (nSPS) is 13.7. The van der Waals surface area contributed by atoms with Crippen LogP contribution in [0, 0.1) is 0 Å². The molecule has 0 aromatic rings. The van der Waals surface area contributed by atoms with Gasteiger partial charge < -0.3 is 50.6 Å². The number of amides is 4. The largest absolute Gasteiger partial charge is 0.480 e. The zero-order chi connectivity index (χ0) is 54.2. The highest BCUT2D eigenvalue weighted by Gasteiger charge is 2.35. The molecule has 0 fully saturated rings. The predicted octanol–water partition coefficient (Wildman–Crippen LogP) is 10.9. The molecule has 0 aliphatic heterocycles. The van der Waals surface area contributed by atoms with Crippen LogP contribution in [0.15, 0.2) is 0 Å². The molecule has 7 N–H and O–H groups in total. The second-order valence-electron chi connectivity index (χ2n) is 23.1. The summed E-state index contributed by atoms with van der Waals surface area (Å²) in [5.41, 5.74) is 2.98. The van der Waals surface area contributed by atoms with Gasteiger partial charge in [-0.05, 0) is 141 Å². The molecule has 17 nitrogen and oxygen atoms in total. The first kappa shape index (κ1) is 67.7. The number of carboxylic acids is 1. The zero-order valence-corrected chi connectivity index (χ0v) is 47.4. The van der Waals surface area contributed by atoms with E-state index in [1.165, 1.54) is 57.8 Å². The minimum Gasteiger partial charge on any atom is -0.480 e. The maximum atomic E-state index is 13.4. The van der Waals surface area contributed by atoms with Crippen LogP contribution in [0.5, 0.6) is 0 Å². The van der Waals surface area contributed by atoms with Crippen molar-refractivity contribution in [1.82, 2.24) is 21.3 Å². The van der Waals surface area contributed by atoms with Crippen LogP contribution in [0.3, 0.4) is 0 Å². The molecular formula is C53H102N5O12P. The van der Waals surface area contributed by atoms with E-state index in [2.05, 4.69) is 21.3 Å². The maximum absolute atomic E-state index is 13.4. The number of carbonyl (C=O) groups excluding carboxylic acids is 5. The summed E-state index contributed by atoms with van der Waals surface area (Å²) in [5.74, 6) is -2.61. The fraction of sp³-hybridized carbons (Fsp3) is 0.887.